The van der Waals surface area contributed by atoms with Crippen LogP contribution in [0.25, 0.3) is 0 Å². The van der Waals surface area contributed by atoms with Crippen molar-refractivity contribution in [3.8, 4) is 17.4 Å². The molecule has 0 aliphatic carbocycles. The summed E-state index contributed by atoms with van der Waals surface area (Å²) in [6, 6.07) is 12.5. The number of hydrogen-bond acceptors (Lipinski definition) is 8. The van der Waals surface area contributed by atoms with E-state index in [1.54, 1.807) is 38.3 Å². The van der Waals surface area contributed by atoms with E-state index in [-0.39, 0.29) is 22.5 Å². The predicted octanol–water partition coefficient (Wildman–Crippen LogP) is 2.70. The highest BCUT2D eigenvalue weighted by Gasteiger charge is 2.19. The molecule has 0 fully saturated rings. The zero-order chi connectivity index (χ0) is 23.1. The molecule has 0 aliphatic rings. The van der Waals surface area contributed by atoms with Crippen molar-refractivity contribution in [3.05, 3.63) is 60.9 Å². The minimum absolute atomic E-state index is 0.0225. The molecule has 1 aromatic heterocycles. The van der Waals surface area contributed by atoms with Gasteiger partial charge in [0.2, 0.25) is 5.82 Å². The zero-order valence-corrected chi connectivity index (χ0v) is 18.4. The van der Waals surface area contributed by atoms with Crippen molar-refractivity contribution in [2.75, 3.05) is 24.3 Å². The van der Waals surface area contributed by atoms with E-state index in [0.717, 1.165) is 0 Å². The van der Waals surface area contributed by atoms with E-state index in [1.165, 1.54) is 43.8 Å². The van der Waals surface area contributed by atoms with Crippen LogP contribution in [0, 0.1) is 0 Å². The maximum absolute atomic E-state index is 12.6. The number of sulfonamides is 1. The monoisotopic (exact) mass is 458 g/mol. The van der Waals surface area contributed by atoms with Gasteiger partial charge in [-0.2, -0.15) is 0 Å². The van der Waals surface area contributed by atoms with Gasteiger partial charge >= 0.3 is 0 Å². The number of carbonyl (C=O) groups is 1. The lowest BCUT2D eigenvalue weighted by Crippen LogP contribution is -2.30. The van der Waals surface area contributed by atoms with Crippen molar-refractivity contribution >= 4 is 27.4 Å². The van der Waals surface area contributed by atoms with Crippen LogP contribution in [0.1, 0.15) is 6.92 Å². The molecule has 0 aliphatic heterocycles. The number of ether oxygens (including phenoxy) is 3. The Morgan fingerprint density at radius 2 is 1.53 bits per heavy atom. The average Bonchev–Trinajstić information content (AvgIpc) is 2.80. The molecule has 1 unspecified atom stereocenters. The molecule has 11 heteroatoms. The summed E-state index contributed by atoms with van der Waals surface area (Å²) in [6.45, 7) is 1.61. The van der Waals surface area contributed by atoms with Crippen molar-refractivity contribution in [1.82, 2.24) is 9.97 Å². The third-order valence-electron chi connectivity index (χ3n) is 4.26. The van der Waals surface area contributed by atoms with Crippen molar-refractivity contribution in [2.24, 2.45) is 0 Å². The number of benzene rings is 2. The van der Waals surface area contributed by atoms with Gasteiger partial charge in [0.1, 0.15) is 11.5 Å². The van der Waals surface area contributed by atoms with Gasteiger partial charge in [0.05, 0.1) is 19.1 Å². The molecular formula is C21H22N4O6S. The highest BCUT2D eigenvalue weighted by molar-refractivity contribution is 7.92. The first-order chi connectivity index (χ1) is 15.3. The Morgan fingerprint density at radius 3 is 2.16 bits per heavy atom. The number of anilines is 2. The Hall–Kier alpha value is -3.86. The summed E-state index contributed by atoms with van der Waals surface area (Å²) in [5.74, 6) is 0.818. The summed E-state index contributed by atoms with van der Waals surface area (Å²) in [7, 11) is -1.01. The first-order valence-electron chi connectivity index (χ1n) is 9.42. The number of methoxy groups -OCH3 is 2. The SMILES string of the molecule is COc1ccc(OC(C)C(=O)Nc2ccc(S(=O)(=O)Nc3nccnc3OC)cc2)cc1. The first kappa shape index (κ1) is 22.8. The molecule has 2 N–H and O–H groups in total. The lowest BCUT2D eigenvalue weighted by molar-refractivity contribution is -0.122. The number of carbonyl (C=O) groups excluding carboxylic acids is 1. The van der Waals surface area contributed by atoms with Crippen LogP contribution in [0.3, 0.4) is 0 Å². The lowest BCUT2D eigenvalue weighted by Gasteiger charge is -2.15. The number of amides is 1. The van der Waals surface area contributed by atoms with Crippen LogP contribution in [-0.2, 0) is 14.8 Å². The number of rotatable bonds is 9. The summed E-state index contributed by atoms with van der Waals surface area (Å²) in [5.41, 5.74) is 0.413. The van der Waals surface area contributed by atoms with E-state index in [2.05, 4.69) is 20.0 Å². The van der Waals surface area contributed by atoms with Crippen LogP contribution in [0.2, 0.25) is 0 Å². The Kier molecular flexibility index (Phi) is 7.11. The first-order valence-corrected chi connectivity index (χ1v) is 10.9. The molecule has 3 aromatic rings. The van der Waals surface area contributed by atoms with Crippen LogP contribution in [-0.4, -0.2) is 44.6 Å². The quantitative estimate of drug-likeness (QED) is 0.501. The van der Waals surface area contributed by atoms with Gasteiger partial charge in [-0.1, -0.05) is 0 Å². The molecule has 168 valence electrons. The lowest BCUT2D eigenvalue weighted by atomic mass is 10.3. The number of nitrogens with zero attached hydrogens (tertiary/aromatic N) is 2. The fourth-order valence-electron chi connectivity index (χ4n) is 2.60. The van der Waals surface area contributed by atoms with Crippen molar-refractivity contribution < 1.29 is 27.4 Å². The van der Waals surface area contributed by atoms with E-state index in [1.807, 2.05) is 0 Å². The summed E-state index contributed by atoms with van der Waals surface area (Å²) in [5, 5.41) is 2.68. The largest absolute Gasteiger partial charge is 0.497 e. The van der Waals surface area contributed by atoms with Crippen LogP contribution < -0.4 is 24.2 Å². The fourth-order valence-corrected chi connectivity index (χ4v) is 3.61. The minimum atomic E-state index is -3.93. The maximum Gasteiger partial charge on any atom is 0.265 e. The van der Waals surface area contributed by atoms with Gasteiger partial charge in [-0.15, -0.1) is 0 Å². The topological polar surface area (TPSA) is 129 Å². The minimum Gasteiger partial charge on any atom is -0.497 e. The van der Waals surface area contributed by atoms with Crippen molar-refractivity contribution in [2.45, 2.75) is 17.9 Å². The molecule has 0 spiro atoms. The third-order valence-corrected chi connectivity index (χ3v) is 5.62. The van der Waals surface area contributed by atoms with E-state index < -0.39 is 16.1 Å². The van der Waals surface area contributed by atoms with Gasteiger partial charge in [-0.25, -0.2) is 18.4 Å². The molecule has 0 saturated heterocycles. The molecule has 2 aromatic carbocycles. The summed E-state index contributed by atoms with van der Waals surface area (Å²) >= 11 is 0. The van der Waals surface area contributed by atoms with Crippen LogP contribution in [0.4, 0.5) is 11.5 Å². The molecule has 10 nitrogen and oxygen atoms in total. The molecule has 32 heavy (non-hydrogen) atoms. The molecule has 1 amide bonds. The molecule has 3 rings (SSSR count). The molecule has 0 radical (unpaired) electrons. The Balaban J connectivity index is 1.63. The predicted molar refractivity (Wildman–Crippen MR) is 118 cm³/mol. The van der Waals surface area contributed by atoms with Crippen molar-refractivity contribution in [3.63, 3.8) is 0 Å². The summed E-state index contributed by atoms with van der Waals surface area (Å²) < 4.78 is 43.2. The fraction of sp³-hybridized carbons (Fsp3) is 0.190. The van der Waals surface area contributed by atoms with Crippen LogP contribution >= 0.6 is 0 Å². The summed E-state index contributed by atoms with van der Waals surface area (Å²) in [6.07, 6.45) is 1.94. The molecule has 0 bridgehead atoms. The maximum atomic E-state index is 12.6. The Bertz CT molecular complexity index is 1170. The second kappa shape index (κ2) is 9.96. The van der Waals surface area contributed by atoms with E-state index in [4.69, 9.17) is 14.2 Å². The summed E-state index contributed by atoms with van der Waals surface area (Å²) in [4.78, 5) is 20.2. The Morgan fingerprint density at radius 1 is 0.906 bits per heavy atom. The number of aromatic nitrogens is 2. The van der Waals surface area contributed by atoms with E-state index >= 15 is 0 Å². The number of nitrogens with one attached hydrogen (secondary N) is 2. The standard InChI is InChI=1S/C21H22N4O6S/c1-14(31-17-8-6-16(29-2)7-9-17)20(26)24-15-4-10-18(11-5-15)32(27,28)25-19-21(30-3)23-13-12-22-19/h4-14H,1-3H3,(H,22,25)(H,24,26). The second-order valence-electron chi connectivity index (χ2n) is 6.47. The Labute approximate surface area is 185 Å². The van der Waals surface area contributed by atoms with Gasteiger partial charge in [0.15, 0.2) is 6.10 Å². The van der Waals surface area contributed by atoms with Crippen LogP contribution in [0.5, 0.6) is 17.4 Å². The third kappa shape index (κ3) is 5.64. The number of hydrogen-bond donors (Lipinski definition) is 2. The van der Waals surface area contributed by atoms with Gasteiger partial charge in [0, 0.05) is 18.1 Å². The van der Waals surface area contributed by atoms with Gasteiger partial charge in [-0.05, 0) is 55.5 Å². The van der Waals surface area contributed by atoms with Crippen molar-refractivity contribution in [1.29, 1.82) is 0 Å². The van der Waals surface area contributed by atoms with Gasteiger partial charge in [0.25, 0.3) is 21.8 Å². The van der Waals surface area contributed by atoms with E-state index in [9.17, 15) is 13.2 Å². The van der Waals surface area contributed by atoms with E-state index in [0.29, 0.717) is 17.2 Å². The molecule has 0 saturated carbocycles. The smallest absolute Gasteiger partial charge is 0.265 e. The molecule has 1 heterocycles. The molecule has 1 atom stereocenters. The highest BCUT2D eigenvalue weighted by atomic mass is 32.2. The van der Waals surface area contributed by atoms with Gasteiger partial charge < -0.3 is 19.5 Å². The highest BCUT2D eigenvalue weighted by Crippen LogP contribution is 2.23. The van der Waals surface area contributed by atoms with Gasteiger partial charge in [-0.3, -0.25) is 9.52 Å². The molecular weight excluding hydrogens is 436 g/mol. The van der Waals surface area contributed by atoms with Crippen LogP contribution in [0.15, 0.2) is 65.8 Å². The average molecular weight is 458 g/mol. The normalized spacial score (nSPS) is 11.8. The zero-order valence-electron chi connectivity index (χ0n) is 17.6. The second-order valence-corrected chi connectivity index (χ2v) is 8.15.